The Bertz CT molecular complexity index is 916. The van der Waals surface area contributed by atoms with Crippen LogP contribution in [0.2, 0.25) is 0 Å². The number of nitrogens with zero attached hydrogens (tertiary/aromatic N) is 3. The van der Waals surface area contributed by atoms with Gasteiger partial charge in [0.15, 0.2) is 5.82 Å². The third-order valence-electron chi connectivity index (χ3n) is 5.24. The Labute approximate surface area is 166 Å². The van der Waals surface area contributed by atoms with Crippen molar-refractivity contribution in [3.63, 3.8) is 0 Å². The van der Waals surface area contributed by atoms with E-state index in [0.29, 0.717) is 12.8 Å². The first kappa shape index (κ1) is 19.6. The Morgan fingerprint density at radius 3 is 2.00 bits per heavy atom. The molecule has 8 heteroatoms. The molecule has 5 nitrogen and oxygen atoms in total. The highest BCUT2D eigenvalue weighted by Gasteiger charge is 2.44. The number of aromatic nitrogens is 3. The van der Waals surface area contributed by atoms with Gasteiger partial charge in [0.1, 0.15) is 6.61 Å². The van der Waals surface area contributed by atoms with Crippen LogP contribution in [0.15, 0.2) is 60.7 Å². The van der Waals surface area contributed by atoms with Gasteiger partial charge in [-0.1, -0.05) is 60.7 Å². The lowest BCUT2D eigenvalue weighted by Gasteiger charge is -2.40. The van der Waals surface area contributed by atoms with Crippen molar-refractivity contribution in [3.05, 3.63) is 83.4 Å². The monoisotopic (exact) mass is 402 g/mol. The lowest BCUT2D eigenvalue weighted by molar-refractivity contribution is -0.150. The van der Waals surface area contributed by atoms with E-state index in [0.717, 1.165) is 15.7 Å². The normalized spacial score (nSPS) is 17.2. The molecule has 0 radical (unpaired) electrons. The van der Waals surface area contributed by atoms with Gasteiger partial charge in [0.25, 0.3) is 0 Å². The van der Waals surface area contributed by atoms with Crippen LogP contribution in [0, 0.1) is 0 Å². The van der Waals surface area contributed by atoms with Gasteiger partial charge >= 0.3 is 6.18 Å². The third-order valence-corrected chi connectivity index (χ3v) is 5.24. The Morgan fingerprint density at radius 2 is 1.48 bits per heavy atom. The highest BCUT2D eigenvalue weighted by molar-refractivity contribution is 5.24. The molecule has 0 fully saturated rings. The third kappa shape index (κ3) is 4.18. The fraction of sp³-hybridized carbons (Fsp3) is 0.333. The van der Waals surface area contributed by atoms with E-state index in [1.807, 2.05) is 60.7 Å². The molecule has 152 valence electrons. The van der Waals surface area contributed by atoms with Crippen molar-refractivity contribution in [2.75, 3.05) is 0 Å². The van der Waals surface area contributed by atoms with E-state index in [1.54, 1.807) is 0 Å². The van der Waals surface area contributed by atoms with Crippen molar-refractivity contribution in [2.45, 2.75) is 43.8 Å². The molecule has 0 bridgehead atoms. The summed E-state index contributed by atoms with van der Waals surface area (Å²) in [7, 11) is 0. The van der Waals surface area contributed by atoms with Crippen LogP contribution in [0.1, 0.15) is 22.8 Å². The van der Waals surface area contributed by atoms with Crippen LogP contribution in [-0.4, -0.2) is 26.4 Å². The van der Waals surface area contributed by atoms with E-state index in [2.05, 4.69) is 10.2 Å². The number of rotatable bonds is 5. The maximum atomic E-state index is 13.3. The first-order chi connectivity index (χ1) is 13.9. The molecular formula is C21H21F3N4O. The summed E-state index contributed by atoms with van der Waals surface area (Å²) in [5.41, 5.74) is 7.95. The average molecular weight is 402 g/mol. The largest absolute Gasteiger partial charge is 0.451 e. The Morgan fingerprint density at radius 1 is 0.931 bits per heavy atom. The number of halogens is 3. The first-order valence-electron chi connectivity index (χ1n) is 9.33. The van der Waals surface area contributed by atoms with Crippen LogP contribution in [-0.2, 0) is 36.9 Å². The van der Waals surface area contributed by atoms with E-state index in [4.69, 9.17) is 10.5 Å². The molecule has 1 aliphatic heterocycles. The van der Waals surface area contributed by atoms with E-state index < -0.39 is 23.6 Å². The Balaban J connectivity index is 1.67. The van der Waals surface area contributed by atoms with E-state index in [-0.39, 0.29) is 19.0 Å². The van der Waals surface area contributed by atoms with Crippen LogP contribution in [0.3, 0.4) is 0 Å². The van der Waals surface area contributed by atoms with Crippen LogP contribution in [0.5, 0.6) is 0 Å². The second kappa shape index (κ2) is 7.61. The van der Waals surface area contributed by atoms with Crippen molar-refractivity contribution >= 4 is 0 Å². The van der Waals surface area contributed by atoms with Crippen molar-refractivity contribution in [1.82, 2.24) is 14.8 Å². The summed E-state index contributed by atoms with van der Waals surface area (Å²) >= 11 is 0. The van der Waals surface area contributed by atoms with Gasteiger partial charge in [-0.3, -0.25) is 0 Å². The number of benzene rings is 2. The number of fused-ring (bicyclic) bond motifs is 1. The summed E-state index contributed by atoms with van der Waals surface area (Å²) in [6.07, 6.45) is -4.28. The first-order valence-corrected chi connectivity index (χ1v) is 9.33. The standard InChI is InChI=1S/C21H21F3N4O/c22-21(23,24)19-27-26-18-14-29-17(13-28(18)19)20(25,11-15-7-3-1-4-8-15)12-16-9-5-2-6-10-16/h1-10,17H,11-14,25H2. The van der Waals surface area contributed by atoms with Crippen LogP contribution in [0.25, 0.3) is 0 Å². The number of hydrogen-bond acceptors (Lipinski definition) is 4. The van der Waals surface area contributed by atoms with E-state index in [1.165, 1.54) is 0 Å². The smallest absolute Gasteiger partial charge is 0.366 e. The highest BCUT2D eigenvalue weighted by atomic mass is 19.4. The molecule has 2 heterocycles. The van der Waals surface area contributed by atoms with Crippen molar-refractivity contribution in [1.29, 1.82) is 0 Å². The molecule has 0 saturated carbocycles. The van der Waals surface area contributed by atoms with Crippen molar-refractivity contribution < 1.29 is 17.9 Å². The molecule has 2 N–H and O–H groups in total. The highest BCUT2D eigenvalue weighted by Crippen LogP contribution is 2.33. The number of alkyl halides is 3. The second-order valence-electron chi connectivity index (χ2n) is 7.41. The average Bonchev–Trinajstić information content (AvgIpc) is 3.13. The minimum absolute atomic E-state index is 0.0483. The fourth-order valence-corrected chi connectivity index (χ4v) is 3.83. The number of ether oxygens (including phenoxy) is 1. The zero-order valence-corrected chi connectivity index (χ0v) is 15.6. The molecule has 0 amide bonds. The molecule has 4 rings (SSSR count). The molecule has 3 aromatic rings. The van der Waals surface area contributed by atoms with Gasteiger partial charge in [-0.25, -0.2) is 0 Å². The molecule has 0 saturated heterocycles. The molecule has 1 aromatic heterocycles. The zero-order valence-electron chi connectivity index (χ0n) is 15.6. The summed E-state index contributed by atoms with van der Waals surface area (Å²) in [5, 5.41) is 6.96. The van der Waals surface area contributed by atoms with E-state index >= 15 is 0 Å². The SMILES string of the molecule is NC(Cc1ccccc1)(Cc1ccccc1)C1Cn2c(nnc2C(F)(F)F)CO1. The molecule has 2 aromatic carbocycles. The van der Waals surface area contributed by atoms with Gasteiger partial charge in [-0.2, -0.15) is 13.2 Å². The van der Waals surface area contributed by atoms with Gasteiger partial charge < -0.3 is 15.0 Å². The summed E-state index contributed by atoms with van der Waals surface area (Å²) < 4.78 is 47.0. The molecule has 29 heavy (non-hydrogen) atoms. The Hall–Kier alpha value is -2.71. The van der Waals surface area contributed by atoms with Gasteiger partial charge in [0.2, 0.25) is 5.82 Å². The summed E-state index contributed by atoms with van der Waals surface area (Å²) in [4.78, 5) is 0. The number of nitrogens with two attached hydrogens (primary N) is 1. The molecule has 0 spiro atoms. The van der Waals surface area contributed by atoms with Crippen molar-refractivity contribution in [2.24, 2.45) is 5.73 Å². The fourth-order valence-electron chi connectivity index (χ4n) is 3.83. The number of hydrogen-bond donors (Lipinski definition) is 1. The summed E-state index contributed by atoms with van der Waals surface area (Å²) in [5.74, 6) is -0.849. The van der Waals surface area contributed by atoms with Gasteiger partial charge in [-0.15, -0.1) is 10.2 Å². The Kier molecular flexibility index (Phi) is 5.14. The van der Waals surface area contributed by atoms with E-state index in [9.17, 15) is 13.2 Å². The quantitative estimate of drug-likeness (QED) is 0.711. The molecule has 0 aliphatic carbocycles. The minimum atomic E-state index is -4.58. The van der Waals surface area contributed by atoms with Gasteiger partial charge in [-0.05, 0) is 24.0 Å². The lowest BCUT2D eigenvalue weighted by Crippen LogP contribution is -2.58. The predicted octanol–water partition coefficient (Wildman–Crippen LogP) is 3.38. The van der Waals surface area contributed by atoms with Crippen LogP contribution >= 0.6 is 0 Å². The van der Waals surface area contributed by atoms with Gasteiger partial charge in [0, 0.05) is 0 Å². The van der Waals surface area contributed by atoms with Crippen LogP contribution < -0.4 is 5.73 Å². The maximum Gasteiger partial charge on any atom is 0.451 e. The lowest BCUT2D eigenvalue weighted by atomic mass is 9.80. The van der Waals surface area contributed by atoms with Crippen LogP contribution in [0.4, 0.5) is 13.2 Å². The van der Waals surface area contributed by atoms with Crippen molar-refractivity contribution in [3.8, 4) is 0 Å². The zero-order chi connectivity index (χ0) is 20.5. The molecule has 1 unspecified atom stereocenters. The second-order valence-corrected chi connectivity index (χ2v) is 7.41. The molecular weight excluding hydrogens is 381 g/mol. The topological polar surface area (TPSA) is 66.0 Å². The molecule has 1 atom stereocenters. The summed E-state index contributed by atoms with van der Waals surface area (Å²) in [6.45, 7) is -0.108. The summed E-state index contributed by atoms with van der Waals surface area (Å²) in [6, 6.07) is 19.3. The minimum Gasteiger partial charge on any atom is -0.366 e. The molecule has 1 aliphatic rings. The maximum absolute atomic E-state index is 13.3. The van der Waals surface area contributed by atoms with Gasteiger partial charge in [0.05, 0.1) is 18.2 Å². The predicted molar refractivity (Wildman–Crippen MR) is 101 cm³/mol.